The molecular weight excluding hydrogens is 470 g/mol. The predicted octanol–water partition coefficient (Wildman–Crippen LogP) is 4.31. The summed E-state index contributed by atoms with van der Waals surface area (Å²) in [5.74, 6) is 2.01. The highest BCUT2D eigenvalue weighted by molar-refractivity contribution is 7.16. The van der Waals surface area contributed by atoms with Crippen LogP contribution < -0.4 is 16.6 Å². The Morgan fingerprint density at radius 1 is 1.17 bits per heavy atom. The number of fused-ring (bicyclic) bond motifs is 7. The lowest BCUT2D eigenvalue weighted by atomic mass is 9.48. The number of nitrogens with zero attached hydrogens (tertiary/aromatic N) is 4. The third-order valence-corrected chi connectivity index (χ3v) is 11.4. The van der Waals surface area contributed by atoms with Crippen molar-refractivity contribution in [1.82, 2.24) is 20.3 Å². The first-order chi connectivity index (χ1) is 17.3. The van der Waals surface area contributed by atoms with Gasteiger partial charge in [-0.2, -0.15) is 5.10 Å². The van der Waals surface area contributed by atoms with E-state index in [-0.39, 0.29) is 10.8 Å². The molecule has 0 aromatic carbocycles. The predicted molar refractivity (Wildman–Crippen MR) is 146 cm³/mol. The van der Waals surface area contributed by atoms with Gasteiger partial charge in [-0.3, -0.25) is 5.43 Å². The topological polar surface area (TPSA) is 98.9 Å². The average molecular weight is 512 g/mol. The smallest absolute Gasteiger partial charge is 0.332 e. The monoisotopic (exact) mass is 511 g/mol. The number of hydrogen-bond acceptors (Lipinski definition) is 7. The highest BCUT2D eigenvalue weighted by Gasteiger charge is 2.58. The minimum Gasteiger partial charge on any atom is -0.350 e. The van der Waals surface area contributed by atoms with Gasteiger partial charge in [-0.1, -0.05) is 38.2 Å². The standard InChI is InChI=1S/C27H41N7OS/c1-4-33-13-15-34(16-14-33)32-25-29-21-10-12-26(2)19-9-11-27(3)18(7-8-22(27)30-31-24(28)35)17(19)5-6-20(26)23(21)36-25/h6,17-19H,4-5,7-16H2,1-3H3,(H,29,32)(H3,28,31,35)/b30-22+/t17-,18-,19-,26+,27-/m0/s1. The van der Waals surface area contributed by atoms with E-state index in [0.29, 0.717) is 17.8 Å². The molecule has 6 rings (SSSR count). The molecule has 1 aromatic rings. The van der Waals surface area contributed by atoms with Gasteiger partial charge < -0.3 is 10.6 Å². The summed E-state index contributed by atoms with van der Waals surface area (Å²) in [7, 11) is 0. The molecule has 4 aliphatic carbocycles. The van der Waals surface area contributed by atoms with Crippen molar-refractivity contribution in [3.05, 3.63) is 16.6 Å². The van der Waals surface area contributed by atoms with Crippen LogP contribution in [0.2, 0.25) is 0 Å². The summed E-state index contributed by atoms with van der Waals surface area (Å²) >= 11 is 1.87. The molecule has 2 saturated carbocycles. The third-order valence-electron chi connectivity index (χ3n) is 10.4. The fourth-order valence-corrected chi connectivity index (χ4v) is 9.55. The van der Waals surface area contributed by atoms with Crippen LogP contribution in [0.5, 0.6) is 0 Å². The fraction of sp³-hybridized carbons (Fsp3) is 0.741. The van der Waals surface area contributed by atoms with Gasteiger partial charge in [-0.05, 0) is 80.2 Å². The van der Waals surface area contributed by atoms with Crippen LogP contribution in [0, 0.1) is 28.6 Å². The number of hydrazine groups is 1. The van der Waals surface area contributed by atoms with Crippen molar-refractivity contribution in [2.45, 2.75) is 65.7 Å². The van der Waals surface area contributed by atoms with Gasteiger partial charge in [0.15, 0.2) is 5.13 Å². The number of primary amides is 1. The molecule has 9 heteroatoms. The van der Waals surface area contributed by atoms with Crippen molar-refractivity contribution in [3.8, 4) is 0 Å². The van der Waals surface area contributed by atoms with Crippen molar-refractivity contribution < 1.29 is 4.79 Å². The zero-order chi connectivity index (χ0) is 25.1. The lowest BCUT2D eigenvalue weighted by molar-refractivity contribution is 0.0116. The second kappa shape index (κ2) is 9.10. The van der Waals surface area contributed by atoms with Gasteiger partial charge in [-0.15, -0.1) is 0 Å². The molecule has 2 amide bonds. The van der Waals surface area contributed by atoms with E-state index in [1.807, 2.05) is 11.3 Å². The van der Waals surface area contributed by atoms with E-state index in [4.69, 9.17) is 10.7 Å². The average Bonchev–Trinajstić information content (AvgIpc) is 3.42. The van der Waals surface area contributed by atoms with Crippen molar-refractivity contribution >= 4 is 33.8 Å². The van der Waals surface area contributed by atoms with Gasteiger partial charge >= 0.3 is 6.03 Å². The van der Waals surface area contributed by atoms with E-state index in [1.165, 1.54) is 29.8 Å². The number of hydrazone groups is 1. The maximum Gasteiger partial charge on any atom is 0.332 e. The van der Waals surface area contributed by atoms with Gasteiger partial charge in [0.1, 0.15) is 0 Å². The SMILES string of the molecule is CCN1CCN(Nc2nc3c(s2)C2=CC[C@@H]4[C@H](CC[C@]5(C)/C(=N/NC(N)=O)CC[C@@H]45)[C@@]2(C)CC3)CC1. The number of carbonyl (C=O) groups excluding carboxylic acids is 1. The normalized spacial score (nSPS) is 37.5. The molecule has 0 bridgehead atoms. The molecule has 1 aliphatic heterocycles. The van der Waals surface area contributed by atoms with Crippen molar-refractivity contribution in [1.29, 1.82) is 0 Å². The number of piperazine rings is 1. The van der Waals surface area contributed by atoms with Crippen molar-refractivity contribution in [2.75, 3.05) is 38.1 Å². The van der Waals surface area contributed by atoms with Crippen LogP contribution in [0.25, 0.3) is 5.57 Å². The quantitative estimate of drug-likeness (QED) is 0.523. The second-order valence-corrected chi connectivity index (χ2v) is 13.0. The summed E-state index contributed by atoms with van der Waals surface area (Å²) in [5, 5.41) is 7.87. The zero-order valence-electron chi connectivity index (χ0n) is 22.0. The van der Waals surface area contributed by atoms with E-state index < -0.39 is 6.03 Å². The van der Waals surface area contributed by atoms with Gasteiger partial charge in [0.2, 0.25) is 0 Å². The Morgan fingerprint density at radius 2 is 1.94 bits per heavy atom. The number of thiazole rings is 1. The number of anilines is 1. The molecule has 36 heavy (non-hydrogen) atoms. The Hall–Kier alpha value is -1.97. The molecule has 0 radical (unpaired) electrons. The zero-order valence-corrected chi connectivity index (χ0v) is 22.8. The fourth-order valence-electron chi connectivity index (χ4n) is 8.33. The number of rotatable bonds is 4. The van der Waals surface area contributed by atoms with Crippen LogP contribution in [0.1, 0.15) is 69.9 Å². The molecule has 8 nitrogen and oxygen atoms in total. The largest absolute Gasteiger partial charge is 0.350 e. The summed E-state index contributed by atoms with van der Waals surface area (Å²) in [6.07, 6.45) is 10.5. The van der Waals surface area contributed by atoms with Crippen molar-refractivity contribution in [2.24, 2.45) is 39.4 Å². The summed E-state index contributed by atoms with van der Waals surface area (Å²) < 4.78 is 0. The molecule has 0 unspecified atom stereocenters. The molecular formula is C27H41N7OS. The number of hydrogen-bond donors (Lipinski definition) is 3. The molecule has 2 heterocycles. The molecule has 5 aliphatic rings. The Labute approximate surface area is 218 Å². The van der Waals surface area contributed by atoms with Crippen LogP contribution in [0.15, 0.2) is 11.2 Å². The second-order valence-electron chi connectivity index (χ2n) is 12.0. The lowest BCUT2D eigenvalue weighted by Crippen LogP contribution is -2.49. The number of allylic oxidation sites excluding steroid dienone is 2. The Kier molecular flexibility index (Phi) is 6.16. The Balaban J connectivity index is 1.22. The highest BCUT2D eigenvalue weighted by Crippen LogP contribution is 2.65. The number of aromatic nitrogens is 1. The maximum absolute atomic E-state index is 11.3. The number of carbonyl (C=O) groups is 1. The minimum atomic E-state index is -0.569. The van der Waals surface area contributed by atoms with Gasteiger partial charge in [0.25, 0.3) is 0 Å². The molecule has 4 N–H and O–H groups in total. The Morgan fingerprint density at radius 3 is 2.69 bits per heavy atom. The lowest BCUT2D eigenvalue weighted by Gasteiger charge is -2.56. The number of nitrogens with two attached hydrogens (primary N) is 1. The highest BCUT2D eigenvalue weighted by atomic mass is 32.1. The molecule has 1 saturated heterocycles. The van der Waals surface area contributed by atoms with Gasteiger partial charge in [0.05, 0.1) is 10.6 Å². The molecule has 0 spiro atoms. The molecule has 5 atom stereocenters. The van der Waals surface area contributed by atoms with Crippen LogP contribution in [0.3, 0.4) is 0 Å². The van der Waals surface area contributed by atoms with E-state index in [9.17, 15) is 4.79 Å². The first kappa shape index (κ1) is 24.4. The van der Waals surface area contributed by atoms with Gasteiger partial charge in [0, 0.05) is 37.3 Å². The summed E-state index contributed by atoms with van der Waals surface area (Å²) in [6, 6.07) is -0.569. The number of urea groups is 1. The molecule has 3 fully saturated rings. The number of amides is 2. The molecule has 1 aromatic heterocycles. The van der Waals surface area contributed by atoms with Crippen LogP contribution in [0.4, 0.5) is 9.93 Å². The van der Waals surface area contributed by atoms with E-state index >= 15 is 0 Å². The summed E-state index contributed by atoms with van der Waals surface area (Å²) in [5.41, 5.74) is 15.8. The van der Waals surface area contributed by atoms with Gasteiger partial charge in [-0.25, -0.2) is 20.2 Å². The number of likely N-dealkylation sites (N-methyl/N-ethyl adjacent to an activating group) is 1. The first-order valence-corrected chi connectivity index (χ1v) is 14.7. The molecule has 196 valence electrons. The third kappa shape index (κ3) is 3.89. The van der Waals surface area contributed by atoms with Crippen molar-refractivity contribution in [3.63, 3.8) is 0 Å². The van der Waals surface area contributed by atoms with Crippen LogP contribution in [-0.2, 0) is 6.42 Å². The summed E-state index contributed by atoms with van der Waals surface area (Å²) in [4.78, 5) is 20.3. The first-order valence-electron chi connectivity index (χ1n) is 13.9. The Bertz CT molecular complexity index is 1090. The van der Waals surface area contributed by atoms with Crippen LogP contribution in [-0.4, -0.2) is 59.4 Å². The maximum atomic E-state index is 11.3. The van der Waals surface area contributed by atoms with E-state index in [0.717, 1.165) is 69.3 Å². The van der Waals surface area contributed by atoms with Crippen LogP contribution >= 0.6 is 11.3 Å². The van der Waals surface area contributed by atoms with E-state index in [2.05, 4.69) is 52.7 Å². The summed E-state index contributed by atoms with van der Waals surface area (Å²) in [6.45, 7) is 12.6. The minimum absolute atomic E-state index is 0.0779. The number of aryl methyl sites for hydroxylation is 1. The number of nitrogens with one attached hydrogen (secondary N) is 2. The van der Waals surface area contributed by atoms with E-state index in [1.54, 1.807) is 5.57 Å².